The Morgan fingerprint density at radius 3 is 3.00 bits per heavy atom. The number of hydrogen-bond donors (Lipinski definition) is 1. The first-order chi connectivity index (χ1) is 13.7. The van der Waals surface area contributed by atoms with Crippen molar-refractivity contribution in [1.82, 2.24) is 9.88 Å². The van der Waals surface area contributed by atoms with Crippen molar-refractivity contribution in [2.75, 3.05) is 25.0 Å². The molecule has 0 bridgehead atoms. The molecule has 1 N–H and O–H groups in total. The zero-order chi connectivity index (χ0) is 19.3. The van der Waals surface area contributed by atoms with Crippen LogP contribution in [0.5, 0.6) is 5.75 Å². The van der Waals surface area contributed by atoms with Gasteiger partial charge in [-0.3, -0.25) is 15.0 Å². The number of thiazole rings is 1. The number of piperidine rings is 1. The molecular formula is C22H25N3O2S. The summed E-state index contributed by atoms with van der Waals surface area (Å²) in [5, 5.41) is 7.74. The van der Waals surface area contributed by atoms with E-state index in [-0.39, 0.29) is 12.5 Å². The molecule has 1 saturated heterocycles. The van der Waals surface area contributed by atoms with Gasteiger partial charge in [0.1, 0.15) is 5.75 Å². The third kappa shape index (κ3) is 4.88. The molecule has 6 heteroatoms. The number of likely N-dealkylation sites (tertiary alicyclic amines) is 1. The van der Waals surface area contributed by atoms with Crippen LogP contribution in [0, 0.1) is 5.92 Å². The van der Waals surface area contributed by atoms with E-state index in [9.17, 15) is 4.79 Å². The fraction of sp³-hybridized carbons (Fsp3) is 0.364. The molecule has 0 spiro atoms. The summed E-state index contributed by atoms with van der Waals surface area (Å²) in [6.07, 6.45) is 2.56. The Hall–Kier alpha value is -2.44. The average molecular weight is 396 g/mol. The summed E-state index contributed by atoms with van der Waals surface area (Å²) < 4.78 is 5.64. The maximum absolute atomic E-state index is 12.2. The van der Waals surface area contributed by atoms with Crippen molar-refractivity contribution in [3.05, 3.63) is 53.5 Å². The van der Waals surface area contributed by atoms with E-state index in [1.54, 1.807) is 0 Å². The number of amides is 1. The number of ether oxygens (including phenoxy) is 1. The number of benzene rings is 2. The molecule has 0 radical (unpaired) electrons. The minimum Gasteiger partial charge on any atom is -0.484 e. The molecule has 1 amide bonds. The van der Waals surface area contributed by atoms with Gasteiger partial charge in [-0.2, -0.15) is 0 Å². The SMILES string of the molecule is C[C@@H]1CCCN(Cc2csc(NC(=O)COc3ccc4ccccc4c3)n2)C1. The molecule has 0 unspecified atom stereocenters. The smallest absolute Gasteiger partial charge is 0.264 e. The van der Waals surface area contributed by atoms with E-state index in [0.29, 0.717) is 10.9 Å². The number of fused-ring (bicyclic) bond motifs is 1. The molecule has 1 aliphatic heterocycles. The lowest BCUT2D eigenvalue weighted by Crippen LogP contribution is -2.33. The minimum atomic E-state index is -0.194. The van der Waals surface area contributed by atoms with E-state index < -0.39 is 0 Å². The molecule has 146 valence electrons. The third-order valence-electron chi connectivity index (χ3n) is 5.02. The topological polar surface area (TPSA) is 54.5 Å². The summed E-state index contributed by atoms with van der Waals surface area (Å²) >= 11 is 1.47. The molecule has 28 heavy (non-hydrogen) atoms. The minimum absolute atomic E-state index is 0.0309. The largest absolute Gasteiger partial charge is 0.484 e. The van der Waals surface area contributed by atoms with Crippen LogP contribution >= 0.6 is 11.3 Å². The Bertz CT molecular complexity index is 956. The molecule has 3 aromatic rings. The van der Waals surface area contributed by atoms with Gasteiger partial charge < -0.3 is 4.74 Å². The standard InChI is InChI=1S/C22H25N3O2S/c1-16-5-4-10-25(12-16)13-19-15-28-22(23-19)24-21(26)14-27-20-9-8-17-6-2-3-7-18(17)11-20/h2-3,6-9,11,15-16H,4-5,10,12-14H2,1H3,(H,23,24,26)/t16-/m1/s1. The number of hydrogen-bond acceptors (Lipinski definition) is 5. The molecule has 1 aromatic heterocycles. The lowest BCUT2D eigenvalue weighted by molar-refractivity contribution is -0.118. The number of carbonyl (C=O) groups excluding carboxylic acids is 1. The van der Waals surface area contributed by atoms with Gasteiger partial charge in [0.2, 0.25) is 0 Å². The van der Waals surface area contributed by atoms with E-state index in [0.717, 1.165) is 42.0 Å². The first-order valence-corrected chi connectivity index (χ1v) is 10.6. The van der Waals surface area contributed by atoms with Crippen molar-refractivity contribution >= 4 is 33.1 Å². The van der Waals surface area contributed by atoms with Gasteiger partial charge in [0, 0.05) is 18.5 Å². The van der Waals surface area contributed by atoms with Crippen LogP contribution in [0.15, 0.2) is 47.8 Å². The predicted octanol–water partition coefficient (Wildman–Crippen LogP) is 4.55. The lowest BCUT2D eigenvalue weighted by Gasteiger charge is -2.30. The van der Waals surface area contributed by atoms with E-state index in [1.807, 2.05) is 41.8 Å². The lowest BCUT2D eigenvalue weighted by atomic mass is 10.0. The zero-order valence-corrected chi connectivity index (χ0v) is 16.9. The Morgan fingerprint density at radius 1 is 1.29 bits per heavy atom. The zero-order valence-electron chi connectivity index (χ0n) is 16.1. The van der Waals surface area contributed by atoms with Crippen molar-refractivity contribution in [2.24, 2.45) is 5.92 Å². The second-order valence-electron chi connectivity index (χ2n) is 7.47. The van der Waals surface area contributed by atoms with Crippen molar-refractivity contribution < 1.29 is 9.53 Å². The number of anilines is 1. The number of carbonyl (C=O) groups is 1. The maximum Gasteiger partial charge on any atom is 0.264 e. The maximum atomic E-state index is 12.2. The summed E-state index contributed by atoms with van der Waals surface area (Å²) in [5.41, 5.74) is 1.02. The van der Waals surface area contributed by atoms with E-state index >= 15 is 0 Å². The summed E-state index contributed by atoms with van der Waals surface area (Å²) in [7, 11) is 0. The van der Waals surface area contributed by atoms with Gasteiger partial charge in [-0.05, 0) is 48.2 Å². The summed E-state index contributed by atoms with van der Waals surface area (Å²) in [5.74, 6) is 1.24. The van der Waals surface area contributed by atoms with E-state index in [1.165, 1.54) is 24.2 Å². The monoisotopic (exact) mass is 395 g/mol. The second-order valence-corrected chi connectivity index (χ2v) is 8.33. The number of nitrogens with zero attached hydrogens (tertiary/aromatic N) is 2. The third-order valence-corrected chi connectivity index (χ3v) is 5.82. The van der Waals surface area contributed by atoms with Gasteiger partial charge >= 0.3 is 0 Å². The van der Waals surface area contributed by atoms with Crippen LogP contribution in [0.3, 0.4) is 0 Å². The molecule has 1 aliphatic rings. The molecule has 2 heterocycles. The van der Waals surface area contributed by atoms with Crippen molar-refractivity contribution in [1.29, 1.82) is 0 Å². The van der Waals surface area contributed by atoms with Gasteiger partial charge in [0.25, 0.3) is 5.91 Å². The van der Waals surface area contributed by atoms with Crippen LogP contribution in [0.4, 0.5) is 5.13 Å². The molecule has 0 aliphatic carbocycles. The Kier molecular flexibility index (Phi) is 5.88. The van der Waals surface area contributed by atoms with Crippen LogP contribution in [-0.4, -0.2) is 35.5 Å². The molecule has 5 nitrogen and oxygen atoms in total. The molecule has 0 saturated carbocycles. The molecule has 2 aromatic carbocycles. The summed E-state index contributed by atoms with van der Waals surface area (Å²) in [6, 6.07) is 13.9. The highest BCUT2D eigenvalue weighted by atomic mass is 32.1. The molecule has 4 rings (SSSR count). The van der Waals surface area contributed by atoms with Crippen molar-refractivity contribution in [3.63, 3.8) is 0 Å². The Labute approximate surface area is 169 Å². The van der Waals surface area contributed by atoms with Crippen LogP contribution in [0.25, 0.3) is 10.8 Å². The predicted molar refractivity (Wildman–Crippen MR) is 114 cm³/mol. The number of rotatable bonds is 6. The highest BCUT2D eigenvalue weighted by Gasteiger charge is 2.17. The highest BCUT2D eigenvalue weighted by molar-refractivity contribution is 7.13. The average Bonchev–Trinajstić information content (AvgIpc) is 3.13. The number of aromatic nitrogens is 1. The van der Waals surface area contributed by atoms with E-state index in [4.69, 9.17) is 4.74 Å². The fourth-order valence-electron chi connectivity index (χ4n) is 3.66. The molecule has 1 fully saturated rings. The van der Waals surface area contributed by atoms with Gasteiger partial charge in [-0.1, -0.05) is 37.3 Å². The molecular weight excluding hydrogens is 370 g/mol. The van der Waals surface area contributed by atoms with Crippen LogP contribution in [0.2, 0.25) is 0 Å². The highest BCUT2D eigenvalue weighted by Crippen LogP contribution is 2.22. The first kappa shape index (κ1) is 18.9. The summed E-state index contributed by atoms with van der Waals surface area (Å²) in [4.78, 5) is 19.2. The van der Waals surface area contributed by atoms with E-state index in [2.05, 4.69) is 28.2 Å². The second kappa shape index (κ2) is 8.71. The number of nitrogens with one attached hydrogen (secondary N) is 1. The Morgan fingerprint density at radius 2 is 2.14 bits per heavy atom. The normalized spacial score (nSPS) is 17.5. The van der Waals surface area contributed by atoms with Crippen molar-refractivity contribution in [2.45, 2.75) is 26.3 Å². The molecule has 1 atom stereocenters. The Balaban J connectivity index is 1.28. The van der Waals surface area contributed by atoms with Gasteiger partial charge in [-0.15, -0.1) is 11.3 Å². The fourth-order valence-corrected chi connectivity index (χ4v) is 4.38. The quantitative estimate of drug-likeness (QED) is 0.665. The van der Waals surface area contributed by atoms with Crippen LogP contribution in [0.1, 0.15) is 25.5 Å². The van der Waals surface area contributed by atoms with Crippen LogP contribution < -0.4 is 10.1 Å². The van der Waals surface area contributed by atoms with Crippen LogP contribution in [-0.2, 0) is 11.3 Å². The summed E-state index contributed by atoms with van der Waals surface area (Å²) in [6.45, 7) is 5.37. The van der Waals surface area contributed by atoms with Gasteiger partial charge in [-0.25, -0.2) is 4.98 Å². The van der Waals surface area contributed by atoms with Gasteiger partial charge in [0.15, 0.2) is 11.7 Å². The van der Waals surface area contributed by atoms with Gasteiger partial charge in [0.05, 0.1) is 5.69 Å². The van der Waals surface area contributed by atoms with Crippen molar-refractivity contribution in [3.8, 4) is 5.75 Å². The first-order valence-electron chi connectivity index (χ1n) is 9.74.